The summed E-state index contributed by atoms with van der Waals surface area (Å²) in [6.07, 6.45) is 1.03. The lowest BCUT2D eigenvalue weighted by Crippen LogP contribution is -2.05. The molecule has 0 bridgehead atoms. The first kappa shape index (κ1) is 9.46. The molecule has 0 aliphatic rings. The summed E-state index contributed by atoms with van der Waals surface area (Å²) >= 11 is 5.41. The van der Waals surface area contributed by atoms with E-state index in [0.717, 1.165) is 10.8 Å². The van der Waals surface area contributed by atoms with Crippen LogP contribution in [0.25, 0.3) is 0 Å². The summed E-state index contributed by atoms with van der Waals surface area (Å²) in [5.41, 5.74) is 0. The van der Waals surface area contributed by atoms with Gasteiger partial charge in [-0.1, -0.05) is 16.8 Å². The van der Waals surface area contributed by atoms with Gasteiger partial charge >= 0.3 is 5.82 Å². The first-order valence-electron chi connectivity index (χ1n) is 3.12. The zero-order valence-electron chi connectivity index (χ0n) is 6.51. The summed E-state index contributed by atoms with van der Waals surface area (Å²) < 4.78 is 1.11. The minimum Gasteiger partial charge on any atom is -0.409 e. The average molecular weight is 205 g/mol. The van der Waals surface area contributed by atoms with E-state index in [1.54, 1.807) is 0 Å². The van der Waals surface area contributed by atoms with Crippen LogP contribution in [-0.2, 0) is 7.05 Å². The molecule has 0 aliphatic carbocycles. The molecule has 1 N–H and O–H groups in total. The molecule has 1 heterocycles. The van der Waals surface area contributed by atoms with E-state index >= 15 is 0 Å². The predicted octanol–water partition coefficient (Wildman–Crippen LogP) is 0.703. The normalized spacial score (nSPS) is 11.7. The van der Waals surface area contributed by atoms with Gasteiger partial charge in [0.1, 0.15) is 6.20 Å². The minimum absolute atomic E-state index is 0.0378. The Morgan fingerprint density at radius 1 is 1.92 bits per heavy atom. The molecule has 1 rings (SSSR count). The van der Waals surface area contributed by atoms with Crippen molar-refractivity contribution in [2.75, 3.05) is 0 Å². The fourth-order valence-corrected chi connectivity index (χ4v) is 0.982. The standard InChI is InChI=1S/C5H5ClN4O3/c1-9-3(10(12)13)2-7-5(9)4(6)8-11/h2,11H,1H3/b8-4-. The van der Waals surface area contributed by atoms with Crippen molar-refractivity contribution < 1.29 is 10.1 Å². The highest BCUT2D eigenvalue weighted by atomic mass is 35.5. The Balaban J connectivity index is 3.21. The van der Waals surface area contributed by atoms with E-state index in [1.807, 2.05) is 0 Å². The van der Waals surface area contributed by atoms with Crippen LogP contribution in [0.5, 0.6) is 0 Å². The lowest BCUT2D eigenvalue weighted by molar-refractivity contribution is -0.391. The third-order valence-electron chi connectivity index (χ3n) is 1.42. The summed E-state index contributed by atoms with van der Waals surface area (Å²) in [5, 5.41) is 21.0. The van der Waals surface area contributed by atoms with E-state index in [4.69, 9.17) is 16.8 Å². The molecule has 1 aromatic heterocycles. The van der Waals surface area contributed by atoms with E-state index in [9.17, 15) is 10.1 Å². The minimum atomic E-state index is -0.613. The predicted molar refractivity (Wildman–Crippen MR) is 44.0 cm³/mol. The summed E-state index contributed by atoms with van der Waals surface area (Å²) in [5.74, 6) is -0.187. The molecule has 8 heteroatoms. The van der Waals surface area contributed by atoms with Gasteiger partial charge in [-0.15, -0.1) is 0 Å². The topological polar surface area (TPSA) is 93.5 Å². The molecule has 0 aliphatic heterocycles. The van der Waals surface area contributed by atoms with E-state index in [1.165, 1.54) is 7.05 Å². The van der Waals surface area contributed by atoms with Gasteiger partial charge in [0, 0.05) is 0 Å². The molecule has 13 heavy (non-hydrogen) atoms. The maximum atomic E-state index is 10.3. The summed E-state index contributed by atoms with van der Waals surface area (Å²) in [4.78, 5) is 13.3. The summed E-state index contributed by atoms with van der Waals surface area (Å²) in [6.45, 7) is 0. The highest BCUT2D eigenvalue weighted by Gasteiger charge is 2.19. The molecular weight excluding hydrogens is 200 g/mol. The van der Waals surface area contributed by atoms with Crippen molar-refractivity contribution in [3.05, 3.63) is 22.1 Å². The molecule has 70 valence electrons. The number of hydrogen-bond acceptors (Lipinski definition) is 5. The molecule has 0 unspecified atom stereocenters. The largest absolute Gasteiger partial charge is 0.409 e. The van der Waals surface area contributed by atoms with Crippen molar-refractivity contribution in [1.82, 2.24) is 9.55 Å². The number of nitro groups is 1. The zero-order valence-corrected chi connectivity index (χ0v) is 7.26. The Hall–Kier alpha value is -1.63. The molecule has 0 saturated carbocycles. The number of hydrogen-bond donors (Lipinski definition) is 1. The molecule has 0 spiro atoms. The summed E-state index contributed by atoms with van der Waals surface area (Å²) in [7, 11) is 1.40. The molecular formula is C5H5ClN4O3. The van der Waals surface area contributed by atoms with Crippen LogP contribution in [-0.4, -0.2) is 24.9 Å². The number of imidazole rings is 1. The first-order chi connectivity index (χ1) is 6.07. The van der Waals surface area contributed by atoms with Crippen molar-refractivity contribution >= 4 is 22.6 Å². The molecule has 0 atom stereocenters. The second kappa shape index (κ2) is 3.40. The van der Waals surface area contributed by atoms with Gasteiger partial charge in [-0.3, -0.25) is 0 Å². The highest BCUT2D eigenvalue weighted by molar-refractivity contribution is 6.69. The van der Waals surface area contributed by atoms with Crippen LogP contribution >= 0.6 is 11.6 Å². The Labute approximate surface area is 77.4 Å². The Bertz CT molecular complexity index is 372. The molecule has 1 aromatic rings. The van der Waals surface area contributed by atoms with Crippen LogP contribution in [0.15, 0.2) is 11.4 Å². The second-order valence-corrected chi connectivity index (χ2v) is 2.50. The molecule has 0 saturated heterocycles. The van der Waals surface area contributed by atoms with Crippen LogP contribution < -0.4 is 0 Å². The number of nitrogens with zero attached hydrogens (tertiary/aromatic N) is 4. The van der Waals surface area contributed by atoms with E-state index in [0.29, 0.717) is 0 Å². The number of aromatic nitrogens is 2. The number of oxime groups is 1. The maximum absolute atomic E-state index is 10.3. The fourth-order valence-electron chi connectivity index (χ4n) is 0.807. The van der Waals surface area contributed by atoms with Gasteiger partial charge in [0.25, 0.3) is 5.82 Å². The Morgan fingerprint density at radius 3 is 2.92 bits per heavy atom. The maximum Gasteiger partial charge on any atom is 0.342 e. The molecule has 0 amide bonds. The van der Waals surface area contributed by atoms with Gasteiger partial charge in [0.15, 0.2) is 0 Å². The third kappa shape index (κ3) is 1.59. The fraction of sp³-hybridized carbons (Fsp3) is 0.200. The molecule has 0 fully saturated rings. The van der Waals surface area contributed by atoms with Gasteiger partial charge in [0.05, 0.1) is 7.05 Å². The lowest BCUT2D eigenvalue weighted by Gasteiger charge is -1.94. The van der Waals surface area contributed by atoms with E-state index in [-0.39, 0.29) is 16.8 Å². The average Bonchev–Trinajstić information content (AvgIpc) is 2.46. The van der Waals surface area contributed by atoms with Crippen LogP contribution in [0.4, 0.5) is 5.82 Å². The number of halogens is 1. The van der Waals surface area contributed by atoms with Crippen LogP contribution in [0.3, 0.4) is 0 Å². The highest BCUT2D eigenvalue weighted by Crippen LogP contribution is 2.13. The second-order valence-electron chi connectivity index (χ2n) is 2.15. The molecule has 0 aromatic carbocycles. The van der Waals surface area contributed by atoms with Crippen molar-refractivity contribution in [1.29, 1.82) is 0 Å². The van der Waals surface area contributed by atoms with Gasteiger partial charge in [0.2, 0.25) is 5.17 Å². The smallest absolute Gasteiger partial charge is 0.342 e. The number of rotatable bonds is 2. The Morgan fingerprint density at radius 2 is 2.54 bits per heavy atom. The van der Waals surface area contributed by atoms with E-state index < -0.39 is 4.92 Å². The van der Waals surface area contributed by atoms with Crippen molar-refractivity contribution in [2.45, 2.75) is 0 Å². The van der Waals surface area contributed by atoms with Gasteiger partial charge in [-0.2, -0.15) is 0 Å². The quantitative estimate of drug-likeness (QED) is 0.332. The van der Waals surface area contributed by atoms with Gasteiger partial charge in [-0.25, -0.2) is 9.55 Å². The Kier molecular flexibility index (Phi) is 2.47. The molecule has 0 radical (unpaired) electrons. The monoisotopic (exact) mass is 204 g/mol. The van der Waals surface area contributed by atoms with Crippen LogP contribution in [0.1, 0.15) is 5.82 Å². The third-order valence-corrected chi connectivity index (χ3v) is 1.67. The zero-order chi connectivity index (χ0) is 10.0. The van der Waals surface area contributed by atoms with Gasteiger partial charge < -0.3 is 15.3 Å². The van der Waals surface area contributed by atoms with Crippen molar-refractivity contribution in [2.24, 2.45) is 12.2 Å². The van der Waals surface area contributed by atoms with E-state index in [2.05, 4.69) is 10.1 Å². The van der Waals surface area contributed by atoms with Crippen molar-refractivity contribution in [3.63, 3.8) is 0 Å². The van der Waals surface area contributed by atoms with Crippen molar-refractivity contribution in [3.8, 4) is 0 Å². The van der Waals surface area contributed by atoms with Crippen LogP contribution in [0.2, 0.25) is 0 Å². The first-order valence-corrected chi connectivity index (χ1v) is 3.49. The lowest BCUT2D eigenvalue weighted by atomic mass is 10.6. The SMILES string of the molecule is Cn1c([N+](=O)[O-])cnc1/C(Cl)=N/O. The molecule has 7 nitrogen and oxygen atoms in total. The summed E-state index contributed by atoms with van der Waals surface area (Å²) in [6, 6.07) is 0. The van der Waals surface area contributed by atoms with Crippen LogP contribution in [0, 0.1) is 10.1 Å². The van der Waals surface area contributed by atoms with Gasteiger partial charge in [-0.05, 0) is 4.92 Å².